The maximum Gasteiger partial charge on any atom is 0.249 e. The summed E-state index contributed by atoms with van der Waals surface area (Å²) in [6, 6.07) is -0.0225. The minimum atomic E-state index is -0.676. The number of carbonyl (C=O) groups is 2. The first-order valence-corrected chi connectivity index (χ1v) is 9.70. The normalized spacial score (nSPS) is 39.0. The highest BCUT2D eigenvalue weighted by Gasteiger charge is 2.38. The molecule has 1 aliphatic carbocycles. The van der Waals surface area contributed by atoms with Crippen LogP contribution in [0.3, 0.4) is 0 Å². The molecule has 0 radical (unpaired) electrons. The van der Waals surface area contributed by atoms with Gasteiger partial charge in [0.25, 0.3) is 0 Å². The van der Waals surface area contributed by atoms with Crippen LogP contribution in [-0.2, 0) is 9.59 Å². The number of nitrogens with zero attached hydrogens (tertiary/aromatic N) is 2. The lowest BCUT2D eigenvalue weighted by Gasteiger charge is -2.43. The van der Waals surface area contributed by atoms with E-state index in [4.69, 9.17) is 0 Å². The molecular formula is C16H26BrFN4O2. The van der Waals surface area contributed by atoms with Crippen molar-refractivity contribution in [3.8, 4) is 0 Å². The second-order valence-corrected chi connectivity index (χ2v) is 8.28. The molecule has 2 saturated heterocycles. The van der Waals surface area contributed by atoms with Gasteiger partial charge < -0.3 is 4.90 Å². The van der Waals surface area contributed by atoms with Gasteiger partial charge in [0.1, 0.15) is 11.0 Å². The smallest absolute Gasteiger partial charge is 0.249 e. The predicted molar refractivity (Wildman–Crippen MR) is 92.2 cm³/mol. The van der Waals surface area contributed by atoms with E-state index in [9.17, 15) is 14.0 Å². The molecule has 1 saturated carbocycles. The van der Waals surface area contributed by atoms with Crippen LogP contribution in [0.25, 0.3) is 0 Å². The zero-order chi connectivity index (χ0) is 17.3. The van der Waals surface area contributed by atoms with Crippen molar-refractivity contribution in [1.29, 1.82) is 0 Å². The Morgan fingerprint density at radius 3 is 2.79 bits per heavy atom. The van der Waals surface area contributed by atoms with Crippen LogP contribution in [0.4, 0.5) is 4.39 Å². The van der Waals surface area contributed by atoms with Crippen LogP contribution >= 0.6 is 15.9 Å². The van der Waals surface area contributed by atoms with E-state index in [2.05, 4.69) is 38.6 Å². The Kier molecular flexibility index (Phi) is 5.77. The van der Waals surface area contributed by atoms with Gasteiger partial charge in [-0.25, -0.2) is 9.82 Å². The van der Waals surface area contributed by atoms with E-state index in [1.807, 2.05) is 4.90 Å². The first kappa shape index (κ1) is 18.1. The summed E-state index contributed by atoms with van der Waals surface area (Å²) in [5.41, 5.74) is 5.48. The maximum atomic E-state index is 13.5. The number of nitrogens with one attached hydrogen (secondary N) is 2. The molecule has 5 atom stereocenters. The van der Waals surface area contributed by atoms with E-state index in [1.165, 1.54) is 0 Å². The van der Waals surface area contributed by atoms with Crippen LogP contribution in [0.1, 0.15) is 26.2 Å². The molecule has 2 aliphatic heterocycles. The quantitative estimate of drug-likeness (QED) is 0.678. The van der Waals surface area contributed by atoms with Gasteiger partial charge in [-0.2, -0.15) is 0 Å². The van der Waals surface area contributed by atoms with Gasteiger partial charge >= 0.3 is 0 Å². The lowest BCUT2D eigenvalue weighted by atomic mass is 9.79. The van der Waals surface area contributed by atoms with Crippen LogP contribution in [0, 0.1) is 11.8 Å². The van der Waals surface area contributed by atoms with Crippen molar-refractivity contribution < 1.29 is 14.0 Å². The van der Waals surface area contributed by atoms with Crippen molar-refractivity contribution in [2.75, 3.05) is 32.7 Å². The molecule has 3 fully saturated rings. The van der Waals surface area contributed by atoms with Gasteiger partial charge in [-0.15, -0.1) is 0 Å². The van der Waals surface area contributed by atoms with E-state index in [1.54, 1.807) is 0 Å². The predicted octanol–water partition coefficient (Wildman–Crippen LogP) is 0.671. The Morgan fingerprint density at radius 2 is 2.08 bits per heavy atom. The van der Waals surface area contributed by atoms with E-state index in [0.717, 1.165) is 19.5 Å². The molecule has 0 aromatic carbocycles. The molecule has 3 rings (SSSR count). The van der Waals surface area contributed by atoms with E-state index in [-0.39, 0.29) is 22.7 Å². The summed E-state index contributed by atoms with van der Waals surface area (Å²) >= 11 is 3.43. The Bertz CT molecular complexity index is 495. The third-order valence-corrected chi connectivity index (χ3v) is 6.69. The van der Waals surface area contributed by atoms with Crippen LogP contribution in [0.2, 0.25) is 0 Å². The first-order chi connectivity index (χ1) is 11.5. The third-order valence-electron chi connectivity index (χ3n) is 5.67. The van der Waals surface area contributed by atoms with E-state index < -0.39 is 6.17 Å². The maximum absolute atomic E-state index is 13.5. The number of hydrogen-bond acceptors (Lipinski definition) is 4. The second kappa shape index (κ2) is 7.66. The van der Waals surface area contributed by atoms with E-state index in [0.29, 0.717) is 44.3 Å². The molecule has 0 bridgehead atoms. The van der Waals surface area contributed by atoms with E-state index >= 15 is 0 Å². The van der Waals surface area contributed by atoms with Gasteiger partial charge in [0.15, 0.2) is 0 Å². The fourth-order valence-electron chi connectivity index (χ4n) is 4.05. The number of hydrogen-bond donors (Lipinski definition) is 2. The highest BCUT2D eigenvalue weighted by molar-refractivity contribution is 9.10. The third kappa shape index (κ3) is 3.91. The Balaban J connectivity index is 1.54. The number of alkyl halides is 2. The molecule has 0 aromatic rings. The SMILES string of the molecule is CC1CC(F)CCC1CN1CCN(C2CNNC(=O)C2Br)CC1=O. The summed E-state index contributed by atoms with van der Waals surface area (Å²) in [5, 5.41) is 0. The Hall–Kier alpha value is -0.730. The zero-order valence-corrected chi connectivity index (χ0v) is 15.6. The monoisotopic (exact) mass is 404 g/mol. The van der Waals surface area contributed by atoms with Crippen molar-refractivity contribution in [3.63, 3.8) is 0 Å². The van der Waals surface area contributed by atoms with Crippen molar-refractivity contribution in [2.45, 2.75) is 43.2 Å². The van der Waals surface area contributed by atoms with Crippen LogP contribution in [-0.4, -0.2) is 71.4 Å². The molecule has 2 amide bonds. The van der Waals surface area contributed by atoms with Crippen molar-refractivity contribution in [2.24, 2.45) is 11.8 Å². The standard InChI is InChI=1S/C16H26BrFN4O2/c1-10-6-12(18)3-2-11(10)8-22-5-4-21(9-14(22)23)13-7-19-20-16(24)15(13)17/h10-13,15,19H,2-9H2,1H3,(H,20,24). The number of amides is 2. The average Bonchev–Trinajstić information content (AvgIpc) is 2.54. The lowest BCUT2D eigenvalue weighted by molar-refractivity contribution is -0.139. The van der Waals surface area contributed by atoms with Gasteiger partial charge in [-0.1, -0.05) is 22.9 Å². The molecule has 6 nitrogen and oxygen atoms in total. The summed E-state index contributed by atoms with van der Waals surface area (Å²) in [4.78, 5) is 28.0. The topological polar surface area (TPSA) is 64.7 Å². The van der Waals surface area contributed by atoms with Gasteiger partial charge in [-0.05, 0) is 31.1 Å². The molecule has 5 unspecified atom stereocenters. The largest absolute Gasteiger partial charge is 0.340 e. The second-order valence-electron chi connectivity index (χ2n) is 7.30. The lowest BCUT2D eigenvalue weighted by Crippen LogP contribution is -2.65. The Labute approximate surface area is 150 Å². The summed E-state index contributed by atoms with van der Waals surface area (Å²) in [6.07, 6.45) is 1.43. The van der Waals surface area contributed by atoms with Crippen molar-refractivity contribution in [3.05, 3.63) is 0 Å². The van der Waals surface area contributed by atoms with Crippen molar-refractivity contribution in [1.82, 2.24) is 20.7 Å². The summed E-state index contributed by atoms with van der Waals surface area (Å²) in [7, 11) is 0. The van der Waals surface area contributed by atoms with Crippen LogP contribution in [0.15, 0.2) is 0 Å². The highest BCUT2D eigenvalue weighted by atomic mass is 79.9. The van der Waals surface area contributed by atoms with Gasteiger partial charge in [-0.3, -0.25) is 19.9 Å². The molecule has 136 valence electrons. The highest BCUT2D eigenvalue weighted by Crippen LogP contribution is 2.32. The molecule has 8 heteroatoms. The van der Waals surface area contributed by atoms with Crippen LogP contribution < -0.4 is 10.9 Å². The fourth-order valence-corrected chi connectivity index (χ4v) is 4.69. The summed E-state index contributed by atoms with van der Waals surface area (Å²) in [6.45, 7) is 5.24. The molecule has 2 N–H and O–H groups in total. The minimum absolute atomic E-state index is 0.0225. The van der Waals surface area contributed by atoms with Crippen LogP contribution in [0.5, 0.6) is 0 Å². The first-order valence-electron chi connectivity index (χ1n) is 8.78. The molecular weight excluding hydrogens is 379 g/mol. The van der Waals surface area contributed by atoms with Gasteiger partial charge in [0.2, 0.25) is 11.8 Å². The molecule has 24 heavy (non-hydrogen) atoms. The minimum Gasteiger partial charge on any atom is -0.340 e. The average molecular weight is 405 g/mol. The molecule has 3 aliphatic rings. The van der Waals surface area contributed by atoms with Crippen molar-refractivity contribution >= 4 is 27.7 Å². The summed E-state index contributed by atoms with van der Waals surface area (Å²) < 4.78 is 13.5. The molecule has 2 heterocycles. The number of piperazine rings is 1. The van der Waals surface area contributed by atoms with Gasteiger partial charge in [0.05, 0.1) is 6.54 Å². The number of hydrazine groups is 1. The Morgan fingerprint density at radius 1 is 1.29 bits per heavy atom. The van der Waals surface area contributed by atoms with Gasteiger partial charge in [0, 0.05) is 32.2 Å². The number of rotatable bonds is 3. The summed E-state index contributed by atoms with van der Waals surface area (Å²) in [5.74, 6) is 0.746. The number of halogens is 2. The fraction of sp³-hybridized carbons (Fsp3) is 0.875. The molecule has 0 spiro atoms. The number of carbonyl (C=O) groups excluding carboxylic acids is 2. The zero-order valence-electron chi connectivity index (χ0n) is 14.0. The molecule has 0 aromatic heterocycles.